The second kappa shape index (κ2) is 4.78. The molecule has 2 atom stereocenters. The van der Waals surface area contributed by atoms with Crippen molar-refractivity contribution in [3.8, 4) is 0 Å². The predicted octanol–water partition coefficient (Wildman–Crippen LogP) is 2.69. The summed E-state index contributed by atoms with van der Waals surface area (Å²) in [6, 6.07) is 0. The number of esters is 2. The fourth-order valence-corrected chi connectivity index (χ4v) is 2.70. The summed E-state index contributed by atoms with van der Waals surface area (Å²) >= 11 is 0. The smallest absolute Gasteiger partial charge is 0.339 e. The minimum Gasteiger partial charge on any atom is -0.466 e. The van der Waals surface area contributed by atoms with Crippen molar-refractivity contribution in [2.45, 2.75) is 20.3 Å². The summed E-state index contributed by atoms with van der Waals surface area (Å²) in [6.07, 6.45) is 4.10. The maximum absolute atomic E-state index is 11.8. The summed E-state index contributed by atoms with van der Waals surface area (Å²) in [7, 11) is 1.33. The van der Waals surface area contributed by atoms with Gasteiger partial charge in [0.15, 0.2) is 0 Å². The molecule has 0 spiro atoms. The molecular weight excluding hydrogens is 256 g/mol. The van der Waals surface area contributed by atoms with E-state index in [1.807, 2.05) is 13.0 Å². The molecule has 1 aliphatic carbocycles. The van der Waals surface area contributed by atoms with Gasteiger partial charge in [0.05, 0.1) is 7.11 Å². The second-order valence-electron chi connectivity index (χ2n) is 5.35. The molecule has 0 saturated carbocycles. The number of allylic oxidation sites excluding steroid dienone is 3. The number of rotatable bonds is 3. The zero-order valence-corrected chi connectivity index (χ0v) is 12.0. The van der Waals surface area contributed by atoms with Crippen LogP contribution in [-0.4, -0.2) is 19.0 Å². The van der Waals surface area contributed by atoms with E-state index in [-0.39, 0.29) is 11.9 Å². The monoisotopic (exact) mass is 274 g/mol. The van der Waals surface area contributed by atoms with Crippen LogP contribution in [0.25, 0.3) is 0 Å². The number of hydrogen-bond donors (Lipinski definition) is 0. The van der Waals surface area contributed by atoms with Crippen LogP contribution in [-0.2, 0) is 19.1 Å². The molecule has 0 bridgehead atoms. The van der Waals surface area contributed by atoms with Gasteiger partial charge in [0, 0.05) is 28.1 Å². The Morgan fingerprint density at radius 2 is 2.25 bits per heavy atom. The first kappa shape index (κ1) is 14.3. The van der Waals surface area contributed by atoms with Gasteiger partial charge in [-0.25, -0.2) is 9.59 Å². The van der Waals surface area contributed by atoms with Gasteiger partial charge in [-0.3, -0.25) is 0 Å². The molecule has 1 heterocycles. The zero-order valence-electron chi connectivity index (χ0n) is 12.0. The van der Waals surface area contributed by atoms with Crippen LogP contribution in [0.3, 0.4) is 0 Å². The van der Waals surface area contributed by atoms with Gasteiger partial charge in [-0.2, -0.15) is 0 Å². The van der Waals surface area contributed by atoms with E-state index in [9.17, 15) is 9.59 Å². The van der Waals surface area contributed by atoms with E-state index in [1.165, 1.54) is 7.11 Å². The Kier molecular flexibility index (Phi) is 3.42. The van der Waals surface area contributed by atoms with Crippen molar-refractivity contribution in [2.24, 2.45) is 11.3 Å². The van der Waals surface area contributed by atoms with Crippen molar-refractivity contribution in [2.75, 3.05) is 7.11 Å². The molecule has 0 fully saturated rings. The second-order valence-corrected chi connectivity index (χ2v) is 5.35. The van der Waals surface area contributed by atoms with E-state index in [2.05, 4.69) is 13.2 Å². The summed E-state index contributed by atoms with van der Waals surface area (Å²) in [5.41, 5.74) is 1.30. The fourth-order valence-electron chi connectivity index (χ4n) is 2.70. The lowest BCUT2D eigenvalue weighted by molar-refractivity contribution is -0.137. The highest BCUT2D eigenvalue weighted by Gasteiger charge is 2.43. The Balaban J connectivity index is 2.49. The topological polar surface area (TPSA) is 52.6 Å². The lowest BCUT2D eigenvalue weighted by Gasteiger charge is -2.37. The van der Waals surface area contributed by atoms with Crippen molar-refractivity contribution >= 4 is 11.9 Å². The van der Waals surface area contributed by atoms with Crippen LogP contribution in [0.4, 0.5) is 0 Å². The van der Waals surface area contributed by atoms with Crippen molar-refractivity contribution in [1.29, 1.82) is 0 Å². The normalized spacial score (nSPS) is 28.4. The summed E-state index contributed by atoms with van der Waals surface area (Å²) < 4.78 is 10.00. The third-order valence-corrected chi connectivity index (χ3v) is 4.17. The van der Waals surface area contributed by atoms with Crippen LogP contribution in [0.1, 0.15) is 20.3 Å². The van der Waals surface area contributed by atoms with Crippen molar-refractivity contribution in [3.63, 3.8) is 0 Å². The molecular formula is C16H18O4. The molecule has 0 saturated heterocycles. The molecule has 0 N–H and O–H groups in total. The van der Waals surface area contributed by atoms with E-state index < -0.39 is 11.4 Å². The summed E-state index contributed by atoms with van der Waals surface area (Å²) in [5, 5.41) is 0. The van der Waals surface area contributed by atoms with Gasteiger partial charge in [0.2, 0.25) is 0 Å². The average Bonchev–Trinajstić information content (AvgIpc) is 2.70. The van der Waals surface area contributed by atoms with Crippen molar-refractivity contribution < 1.29 is 19.1 Å². The SMILES string of the molecule is C=C[C@@]1(C)C=C2OC(=O)C(C)=C2C[C@@H]1C(=C)C(=O)OC. The van der Waals surface area contributed by atoms with E-state index in [4.69, 9.17) is 9.47 Å². The summed E-state index contributed by atoms with van der Waals surface area (Å²) in [6.45, 7) is 11.3. The van der Waals surface area contributed by atoms with Crippen LogP contribution in [0, 0.1) is 11.3 Å². The first-order valence-electron chi connectivity index (χ1n) is 6.40. The molecule has 20 heavy (non-hydrogen) atoms. The van der Waals surface area contributed by atoms with Crippen molar-refractivity contribution in [3.05, 3.63) is 47.8 Å². The molecule has 106 valence electrons. The average molecular weight is 274 g/mol. The molecule has 0 aromatic carbocycles. The molecule has 0 unspecified atom stereocenters. The molecule has 2 rings (SSSR count). The Morgan fingerprint density at radius 3 is 2.80 bits per heavy atom. The molecule has 0 radical (unpaired) electrons. The van der Waals surface area contributed by atoms with Crippen LogP contribution in [0.15, 0.2) is 47.8 Å². The van der Waals surface area contributed by atoms with Gasteiger partial charge in [0.1, 0.15) is 5.76 Å². The Labute approximate surface area is 118 Å². The van der Waals surface area contributed by atoms with Crippen LogP contribution < -0.4 is 0 Å². The molecule has 0 amide bonds. The Bertz CT molecular complexity index is 579. The molecule has 2 aliphatic rings. The summed E-state index contributed by atoms with van der Waals surface area (Å²) in [4.78, 5) is 23.4. The maximum Gasteiger partial charge on any atom is 0.339 e. The van der Waals surface area contributed by atoms with E-state index in [0.717, 1.165) is 5.57 Å². The third kappa shape index (κ3) is 2.01. The highest BCUT2D eigenvalue weighted by atomic mass is 16.5. The zero-order chi connectivity index (χ0) is 15.1. The van der Waals surface area contributed by atoms with Crippen LogP contribution >= 0.6 is 0 Å². The lowest BCUT2D eigenvalue weighted by Crippen LogP contribution is -2.32. The Hall–Kier alpha value is -2.10. The standard InChI is InChI=1S/C16H18O4/c1-6-16(4)8-13-11(9(2)15(18)20-13)7-12(16)10(3)14(17)19-5/h6,8,12H,1,3,7H2,2,4-5H3/t12-,16+/m1/s1. The maximum atomic E-state index is 11.8. The minimum absolute atomic E-state index is 0.198. The van der Waals surface area contributed by atoms with Gasteiger partial charge in [-0.05, 0) is 19.4 Å². The van der Waals surface area contributed by atoms with Gasteiger partial charge in [-0.15, -0.1) is 6.58 Å². The number of carbonyl (C=O) groups is 2. The minimum atomic E-state index is -0.505. The number of hydrogen-bond acceptors (Lipinski definition) is 4. The first-order chi connectivity index (χ1) is 9.34. The highest BCUT2D eigenvalue weighted by molar-refractivity contribution is 5.94. The van der Waals surface area contributed by atoms with E-state index in [1.54, 1.807) is 13.0 Å². The van der Waals surface area contributed by atoms with Gasteiger partial charge in [-0.1, -0.05) is 19.6 Å². The van der Waals surface area contributed by atoms with Gasteiger partial charge < -0.3 is 9.47 Å². The highest BCUT2D eigenvalue weighted by Crippen LogP contribution is 2.48. The van der Waals surface area contributed by atoms with Crippen molar-refractivity contribution in [1.82, 2.24) is 0 Å². The molecule has 4 nitrogen and oxygen atoms in total. The quantitative estimate of drug-likeness (QED) is 0.451. The first-order valence-corrected chi connectivity index (χ1v) is 6.40. The number of ether oxygens (including phenoxy) is 2. The lowest BCUT2D eigenvalue weighted by atomic mass is 9.66. The number of methoxy groups -OCH3 is 1. The van der Waals surface area contributed by atoms with Gasteiger partial charge in [0.25, 0.3) is 0 Å². The number of carbonyl (C=O) groups excluding carboxylic acids is 2. The third-order valence-electron chi connectivity index (χ3n) is 4.17. The summed E-state index contributed by atoms with van der Waals surface area (Å²) in [5.74, 6) is -0.398. The molecule has 0 aromatic rings. The predicted molar refractivity (Wildman–Crippen MR) is 74.4 cm³/mol. The Morgan fingerprint density at radius 1 is 1.60 bits per heavy atom. The molecule has 1 aliphatic heterocycles. The van der Waals surface area contributed by atoms with Crippen LogP contribution in [0.2, 0.25) is 0 Å². The van der Waals surface area contributed by atoms with E-state index >= 15 is 0 Å². The van der Waals surface area contributed by atoms with Crippen LogP contribution in [0.5, 0.6) is 0 Å². The number of fused-ring (bicyclic) bond motifs is 1. The van der Waals surface area contributed by atoms with E-state index in [0.29, 0.717) is 23.3 Å². The molecule has 4 heteroatoms. The fraction of sp³-hybridized carbons (Fsp3) is 0.375. The molecule has 0 aromatic heterocycles. The largest absolute Gasteiger partial charge is 0.466 e. The van der Waals surface area contributed by atoms with Gasteiger partial charge >= 0.3 is 11.9 Å².